The molecule has 0 saturated heterocycles. The third-order valence-corrected chi connectivity index (χ3v) is 6.62. The summed E-state index contributed by atoms with van der Waals surface area (Å²) in [7, 11) is 0. The van der Waals surface area contributed by atoms with Crippen LogP contribution in [0.1, 0.15) is 35.2 Å². The quantitative estimate of drug-likeness (QED) is 0.330. The van der Waals surface area contributed by atoms with Gasteiger partial charge in [-0.1, -0.05) is 60.7 Å². The zero-order valence-corrected chi connectivity index (χ0v) is 20.3. The van der Waals surface area contributed by atoms with E-state index in [1.54, 1.807) is 29.2 Å². The van der Waals surface area contributed by atoms with Gasteiger partial charge in [-0.25, -0.2) is 9.67 Å². The maximum absolute atomic E-state index is 13.5. The average molecular weight is 496 g/mol. The fraction of sp³-hybridized carbons (Fsp3) is 0.241. The molecule has 8 heteroatoms. The molecule has 2 aromatic heterocycles. The van der Waals surface area contributed by atoms with Gasteiger partial charge in [-0.05, 0) is 49.4 Å². The van der Waals surface area contributed by atoms with E-state index in [9.17, 15) is 14.7 Å². The Hall–Kier alpha value is -4.30. The molecular weight excluding hydrogens is 466 g/mol. The molecule has 0 bridgehead atoms. The first-order valence-electron chi connectivity index (χ1n) is 12.5. The van der Waals surface area contributed by atoms with E-state index in [4.69, 9.17) is 0 Å². The van der Waals surface area contributed by atoms with Crippen molar-refractivity contribution in [2.24, 2.45) is 0 Å². The van der Waals surface area contributed by atoms with Crippen molar-refractivity contribution in [2.75, 3.05) is 0 Å². The third-order valence-electron chi connectivity index (χ3n) is 6.62. The number of carbonyl (C=O) groups is 2. The molecule has 4 aromatic rings. The Morgan fingerprint density at radius 2 is 1.70 bits per heavy atom. The predicted molar refractivity (Wildman–Crippen MR) is 140 cm³/mol. The molecule has 2 heterocycles. The minimum Gasteiger partial charge on any atom is -0.381 e. The Labute approximate surface area is 215 Å². The lowest BCUT2D eigenvalue weighted by molar-refractivity contribution is -0.131. The first-order chi connectivity index (χ1) is 18.1. The fourth-order valence-electron chi connectivity index (χ4n) is 4.34. The number of aromatic nitrogens is 3. The highest BCUT2D eigenvalue weighted by atomic mass is 16.3. The van der Waals surface area contributed by atoms with Gasteiger partial charge in [0.25, 0.3) is 11.8 Å². The molecular formula is C29H29N5O3. The molecule has 2 aromatic carbocycles. The summed E-state index contributed by atoms with van der Waals surface area (Å²) in [6.45, 7) is 0. The van der Waals surface area contributed by atoms with Gasteiger partial charge in [0, 0.05) is 24.0 Å². The number of rotatable bonds is 9. The molecule has 8 nitrogen and oxygen atoms in total. The van der Waals surface area contributed by atoms with Crippen molar-refractivity contribution in [1.82, 2.24) is 25.4 Å². The normalized spacial score (nSPS) is 14.8. The maximum atomic E-state index is 13.5. The number of aliphatic hydroxyl groups excluding tert-OH is 1. The van der Waals surface area contributed by atoms with Crippen molar-refractivity contribution in [2.45, 2.75) is 43.9 Å². The topological polar surface area (TPSA) is 109 Å². The van der Waals surface area contributed by atoms with Crippen molar-refractivity contribution in [3.63, 3.8) is 0 Å². The molecule has 3 N–H and O–H groups in total. The van der Waals surface area contributed by atoms with Crippen LogP contribution < -0.4 is 10.6 Å². The van der Waals surface area contributed by atoms with E-state index >= 15 is 0 Å². The molecule has 1 aliphatic carbocycles. The van der Waals surface area contributed by atoms with Crippen LogP contribution in [0.5, 0.6) is 0 Å². The molecule has 0 radical (unpaired) electrons. The summed E-state index contributed by atoms with van der Waals surface area (Å²) < 4.78 is 1.56. The van der Waals surface area contributed by atoms with Crippen LogP contribution in [0.4, 0.5) is 0 Å². The number of benzene rings is 2. The number of carbonyl (C=O) groups excluding carboxylic acids is 2. The smallest absolute Gasteiger partial charge is 0.255 e. The summed E-state index contributed by atoms with van der Waals surface area (Å²) in [5.74, 6) is -0.567. The van der Waals surface area contributed by atoms with Crippen LogP contribution in [0, 0.1) is 0 Å². The summed E-state index contributed by atoms with van der Waals surface area (Å²) in [5, 5.41) is 21.3. The second-order valence-electron chi connectivity index (χ2n) is 9.24. The Bertz CT molecular complexity index is 1350. The van der Waals surface area contributed by atoms with Gasteiger partial charge in [0.15, 0.2) is 11.9 Å². The number of nitrogens with one attached hydrogen (secondary N) is 2. The van der Waals surface area contributed by atoms with Crippen molar-refractivity contribution in [3.8, 4) is 17.1 Å². The van der Waals surface area contributed by atoms with Crippen LogP contribution in [0.15, 0.2) is 91.3 Å². The van der Waals surface area contributed by atoms with Gasteiger partial charge in [0.05, 0.1) is 17.3 Å². The molecule has 0 spiro atoms. The second-order valence-corrected chi connectivity index (χ2v) is 9.24. The average Bonchev–Trinajstić information content (AvgIpc) is 3.41. The summed E-state index contributed by atoms with van der Waals surface area (Å²) in [6, 6.07) is 23.6. The molecule has 0 aliphatic heterocycles. The largest absolute Gasteiger partial charge is 0.381 e. The zero-order valence-electron chi connectivity index (χ0n) is 20.3. The highest BCUT2D eigenvalue weighted by Gasteiger charge is 2.31. The molecule has 5 rings (SSSR count). The number of hydrogen-bond donors (Lipinski definition) is 3. The second kappa shape index (κ2) is 11.2. The molecule has 2 amide bonds. The van der Waals surface area contributed by atoms with Gasteiger partial charge in [-0.3, -0.25) is 9.59 Å². The standard InChI is InChI=1S/C29H29N5O3/c35-26(29(37)31-22-13-7-14-22)25(19-20-9-3-1-4-10-20)32-28(36)23-15-8-17-30-27(23)34-18-16-24(33-34)21-11-5-2-6-12-21/h1-6,8-12,15-18,22,25-26,35H,7,13-14,19H2,(H,31,37)(H,32,36). The number of pyridine rings is 1. The third kappa shape index (κ3) is 5.76. The number of aliphatic hydroxyl groups is 1. The van der Waals surface area contributed by atoms with Gasteiger partial charge in [0.2, 0.25) is 0 Å². The Morgan fingerprint density at radius 1 is 0.973 bits per heavy atom. The molecule has 37 heavy (non-hydrogen) atoms. The van der Waals surface area contributed by atoms with Crippen LogP contribution in [0.2, 0.25) is 0 Å². The molecule has 1 aliphatic rings. The lowest BCUT2D eigenvalue weighted by atomic mass is 9.92. The lowest BCUT2D eigenvalue weighted by Gasteiger charge is -2.30. The summed E-state index contributed by atoms with van der Waals surface area (Å²) >= 11 is 0. The van der Waals surface area contributed by atoms with Crippen LogP contribution in [0.25, 0.3) is 17.1 Å². The minimum atomic E-state index is -1.40. The maximum Gasteiger partial charge on any atom is 0.255 e. The van der Waals surface area contributed by atoms with Crippen molar-refractivity contribution >= 4 is 11.8 Å². The van der Waals surface area contributed by atoms with E-state index in [-0.39, 0.29) is 11.6 Å². The van der Waals surface area contributed by atoms with Gasteiger partial charge >= 0.3 is 0 Å². The Balaban J connectivity index is 1.38. The Morgan fingerprint density at radius 3 is 2.41 bits per heavy atom. The van der Waals surface area contributed by atoms with Crippen molar-refractivity contribution in [1.29, 1.82) is 0 Å². The number of amides is 2. The van der Waals surface area contributed by atoms with E-state index in [0.29, 0.717) is 12.2 Å². The number of hydrogen-bond acceptors (Lipinski definition) is 5. The Kier molecular flexibility index (Phi) is 7.37. The summed E-state index contributed by atoms with van der Waals surface area (Å²) in [5.41, 5.74) is 2.89. The molecule has 2 unspecified atom stereocenters. The van der Waals surface area contributed by atoms with Crippen LogP contribution in [-0.4, -0.2) is 49.9 Å². The molecule has 1 saturated carbocycles. The molecule has 188 valence electrons. The zero-order chi connectivity index (χ0) is 25.6. The molecule has 1 fully saturated rings. The van der Waals surface area contributed by atoms with E-state index in [1.807, 2.05) is 66.7 Å². The summed E-state index contributed by atoms with van der Waals surface area (Å²) in [6.07, 6.45) is 5.11. The first-order valence-corrected chi connectivity index (χ1v) is 12.5. The van der Waals surface area contributed by atoms with E-state index in [1.165, 1.54) is 0 Å². The van der Waals surface area contributed by atoms with Crippen LogP contribution >= 0.6 is 0 Å². The van der Waals surface area contributed by atoms with E-state index in [0.717, 1.165) is 36.1 Å². The SMILES string of the molecule is O=C(NC(Cc1ccccc1)C(O)C(=O)NC1CCC1)c1cccnc1-n1ccc(-c2ccccc2)n1. The predicted octanol–water partition coefficient (Wildman–Crippen LogP) is 3.31. The van der Waals surface area contributed by atoms with Gasteiger partial charge < -0.3 is 15.7 Å². The minimum absolute atomic E-state index is 0.0822. The van der Waals surface area contributed by atoms with E-state index < -0.39 is 24.0 Å². The fourth-order valence-corrected chi connectivity index (χ4v) is 4.34. The van der Waals surface area contributed by atoms with Crippen molar-refractivity contribution < 1.29 is 14.7 Å². The highest BCUT2D eigenvalue weighted by Crippen LogP contribution is 2.20. The highest BCUT2D eigenvalue weighted by molar-refractivity contribution is 5.97. The van der Waals surface area contributed by atoms with Crippen LogP contribution in [0.3, 0.4) is 0 Å². The van der Waals surface area contributed by atoms with Gasteiger partial charge in [-0.2, -0.15) is 5.10 Å². The van der Waals surface area contributed by atoms with Crippen LogP contribution in [-0.2, 0) is 11.2 Å². The van der Waals surface area contributed by atoms with Gasteiger partial charge in [-0.15, -0.1) is 0 Å². The van der Waals surface area contributed by atoms with E-state index in [2.05, 4.69) is 20.7 Å². The van der Waals surface area contributed by atoms with Gasteiger partial charge in [0.1, 0.15) is 0 Å². The lowest BCUT2D eigenvalue weighted by Crippen LogP contribution is -2.54. The monoisotopic (exact) mass is 495 g/mol. The first kappa shape index (κ1) is 24.4. The summed E-state index contributed by atoms with van der Waals surface area (Å²) in [4.78, 5) is 30.7. The van der Waals surface area contributed by atoms with Crippen molar-refractivity contribution in [3.05, 3.63) is 102 Å². The molecule has 2 atom stereocenters. The number of nitrogens with zero attached hydrogens (tertiary/aromatic N) is 3.